The van der Waals surface area contributed by atoms with Gasteiger partial charge in [-0.05, 0) is 41.9 Å². The number of halogens is 2. The SMILES string of the molecule is CC(C)N(C)S(=O)(=O)Nc1cccc(Cl)c1Br. The lowest BCUT2D eigenvalue weighted by atomic mass is 10.3. The van der Waals surface area contributed by atoms with Crippen LogP contribution in [0.2, 0.25) is 5.02 Å². The largest absolute Gasteiger partial charge is 0.301 e. The summed E-state index contributed by atoms with van der Waals surface area (Å²) in [6.45, 7) is 3.60. The second-order valence-electron chi connectivity index (χ2n) is 3.82. The third kappa shape index (κ3) is 3.58. The number of benzene rings is 1. The van der Waals surface area contributed by atoms with Crippen molar-refractivity contribution in [1.82, 2.24) is 4.31 Å². The van der Waals surface area contributed by atoms with Crippen molar-refractivity contribution in [2.75, 3.05) is 11.8 Å². The molecule has 17 heavy (non-hydrogen) atoms. The Kier molecular flexibility index (Phi) is 4.83. The molecule has 0 atom stereocenters. The highest BCUT2D eigenvalue weighted by Crippen LogP contribution is 2.30. The molecule has 0 unspecified atom stereocenters. The summed E-state index contributed by atoms with van der Waals surface area (Å²) >= 11 is 9.13. The van der Waals surface area contributed by atoms with Crippen molar-refractivity contribution in [1.29, 1.82) is 0 Å². The normalized spacial score (nSPS) is 12.2. The summed E-state index contributed by atoms with van der Waals surface area (Å²) in [5.41, 5.74) is 0.421. The summed E-state index contributed by atoms with van der Waals surface area (Å²) in [7, 11) is -2.04. The van der Waals surface area contributed by atoms with Crippen molar-refractivity contribution >= 4 is 43.4 Å². The first-order valence-electron chi connectivity index (χ1n) is 4.95. The van der Waals surface area contributed by atoms with Crippen LogP contribution in [0, 0.1) is 0 Å². The van der Waals surface area contributed by atoms with E-state index in [1.165, 1.54) is 11.4 Å². The zero-order valence-corrected chi connectivity index (χ0v) is 12.9. The maximum absolute atomic E-state index is 12.0. The minimum atomic E-state index is -3.56. The first-order valence-corrected chi connectivity index (χ1v) is 7.56. The number of hydrogen-bond donors (Lipinski definition) is 1. The molecular formula is C10H14BrClN2O2S. The van der Waals surface area contributed by atoms with Gasteiger partial charge in [-0.25, -0.2) is 0 Å². The zero-order valence-electron chi connectivity index (χ0n) is 9.74. The predicted molar refractivity (Wildman–Crippen MR) is 74.6 cm³/mol. The summed E-state index contributed by atoms with van der Waals surface area (Å²) in [5.74, 6) is 0. The van der Waals surface area contributed by atoms with Gasteiger partial charge in [-0.2, -0.15) is 12.7 Å². The summed E-state index contributed by atoms with van der Waals surface area (Å²) in [6, 6.07) is 4.88. The number of nitrogens with one attached hydrogen (secondary N) is 1. The van der Waals surface area contributed by atoms with Gasteiger partial charge in [0.1, 0.15) is 0 Å². The van der Waals surface area contributed by atoms with Gasteiger partial charge in [0.25, 0.3) is 0 Å². The van der Waals surface area contributed by atoms with Gasteiger partial charge in [0, 0.05) is 13.1 Å². The van der Waals surface area contributed by atoms with Crippen LogP contribution >= 0.6 is 27.5 Å². The highest BCUT2D eigenvalue weighted by Gasteiger charge is 2.21. The van der Waals surface area contributed by atoms with Crippen LogP contribution in [-0.4, -0.2) is 25.8 Å². The molecule has 0 aliphatic rings. The van der Waals surface area contributed by atoms with E-state index in [2.05, 4.69) is 20.7 Å². The molecule has 0 radical (unpaired) electrons. The molecule has 0 aromatic heterocycles. The molecule has 0 amide bonds. The molecule has 1 aromatic rings. The Morgan fingerprint density at radius 1 is 1.41 bits per heavy atom. The van der Waals surface area contributed by atoms with Crippen molar-refractivity contribution in [3.8, 4) is 0 Å². The first-order chi connectivity index (χ1) is 7.75. The van der Waals surface area contributed by atoms with Gasteiger partial charge in [0.2, 0.25) is 0 Å². The Labute approximate surface area is 115 Å². The van der Waals surface area contributed by atoms with Crippen molar-refractivity contribution in [3.05, 3.63) is 27.7 Å². The molecule has 0 bridgehead atoms. The molecule has 1 rings (SSSR count). The van der Waals surface area contributed by atoms with E-state index in [0.717, 1.165) is 0 Å². The summed E-state index contributed by atoms with van der Waals surface area (Å²) in [4.78, 5) is 0. The van der Waals surface area contributed by atoms with Crippen LogP contribution in [0.25, 0.3) is 0 Å². The van der Waals surface area contributed by atoms with Gasteiger partial charge in [0.15, 0.2) is 0 Å². The highest BCUT2D eigenvalue weighted by atomic mass is 79.9. The Morgan fingerprint density at radius 2 is 2.00 bits per heavy atom. The predicted octanol–water partition coefficient (Wildman–Crippen LogP) is 3.10. The molecule has 0 aliphatic heterocycles. The van der Waals surface area contributed by atoms with Crippen LogP contribution in [0.5, 0.6) is 0 Å². The van der Waals surface area contributed by atoms with Crippen LogP contribution in [0.1, 0.15) is 13.8 Å². The number of hydrogen-bond acceptors (Lipinski definition) is 2. The fraction of sp³-hybridized carbons (Fsp3) is 0.400. The molecule has 0 spiro atoms. The molecule has 0 fully saturated rings. The molecule has 0 saturated heterocycles. The Balaban J connectivity index is 3.03. The molecule has 96 valence electrons. The molecule has 1 aromatic carbocycles. The molecule has 7 heteroatoms. The van der Waals surface area contributed by atoms with Gasteiger partial charge in [-0.15, -0.1) is 0 Å². The minimum Gasteiger partial charge on any atom is -0.270 e. The second kappa shape index (κ2) is 5.56. The Bertz CT molecular complexity index is 505. The molecule has 4 nitrogen and oxygen atoms in total. The average Bonchev–Trinajstić information content (AvgIpc) is 2.23. The van der Waals surface area contributed by atoms with E-state index in [1.54, 1.807) is 32.0 Å². The van der Waals surface area contributed by atoms with Crippen molar-refractivity contribution < 1.29 is 8.42 Å². The summed E-state index contributed by atoms with van der Waals surface area (Å²) < 4.78 is 28.2. The third-order valence-electron chi connectivity index (χ3n) is 2.30. The Morgan fingerprint density at radius 3 is 2.53 bits per heavy atom. The van der Waals surface area contributed by atoms with Crippen molar-refractivity contribution in [2.24, 2.45) is 0 Å². The third-order valence-corrected chi connectivity index (χ3v) is 5.35. The lowest BCUT2D eigenvalue weighted by Crippen LogP contribution is -2.37. The van der Waals surface area contributed by atoms with Crippen LogP contribution in [0.3, 0.4) is 0 Å². The first kappa shape index (κ1) is 14.8. The molecular weight excluding hydrogens is 328 g/mol. The van der Waals surface area contributed by atoms with E-state index < -0.39 is 10.2 Å². The van der Waals surface area contributed by atoms with Crippen LogP contribution in [-0.2, 0) is 10.2 Å². The van der Waals surface area contributed by atoms with Crippen molar-refractivity contribution in [3.63, 3.8) is 0 Å². The standard InChI is InChI=1S/C10H14BrClN2O2S/c1-7(2)14(3)17(15,16)13-9-6-4-5-8(12)10(9)11/h4-7,13H,1-3H3. The van der Waals surface area contributed by atoms with E-state index in [9.17, 15) is 8.42 Å². The number of anilines is 1. The van der Waals surface area contributed by atoms with E-state index in [4.69, 9.17) is 11.6 Å². The Hall–Kier alpha value is -0.300. The maximum Gasteiger partial charge on any atom is 0.301 e. The monoisotopic (exact) mass is 340 g/mol. The quantitative estimate of drug-likeness (QED) is 0.915. The molecule has 0 saturated carbocycles. The van der Waals surface area contributed by atoms with E-state index in [-0.39, 0.29) is 6.04 Å². The smallest absolute Gasteiger partial charge is 0.270 e. The lowest BCUT2D eigenvalue weighted by molar-refractivity contribution is 0.414. The number of rotatable bonds is 4. The van der Waals surface area contributed by atoms with Gasteiger partial charge >= 0.3 is 10.2 Å². The van der Waals surface area contributed by atoms with Crippen LogP contribution in [0.4, 0.5) is 5.69 Å². The fourth-order valence-electron chi connectivity index (χ4n) is 1.07. The van der Waals surface area contributed by atoms with Gasteiger partial charge in [0.05, 0.1) is 15.2 Å². The topological polar surface area (TPSA) is 49.4 Å². The van der Waals surface area contributed by atoms with Gasteiger partial charge in [-0.1, -0.05) is 17.7 Å². The highest BCUT2D eigenvalue weighted by molar-refractivity contribution is 9.10. The maximum atomic E-state index is 12.0. The molecule has 1 N–H and O–H groups in total. The zero-order chi connectivity index (χ0) is 13.2. The van der Waals surface area contributed by atoms with Gasteiger partial charge in [-0.3, -0.25) is 4.72 Å². The van der Waals surface area contributed by atoms with Gasteiger partial charge < -0.3 is 0 Å². The molecule has 0 aliphatic carbocycles. The lowest BCUT2D eigenvalue weighted by Gasteiger charge is -2.22. The van der Waals surface area contributed by atoms with E-state index >= 15 is 0 Å². The van der Waals surface area contributed by atoms with E-state index in [0.29, 0.717) is 15.2 Å². The second-order valence-corrected chi connectivity index (χ2v) is 6.75. The van der Waals surface area contributed by atoms with Crippen molar-refractivity contribution in [2.45, 2.75) is 19.9 Å². The summed E-state index contributed by atoms with van der Waals surface area (Å²) in [5, 5.41) is 0.456. The number of nitrogens with zero attached hydrogens (tertiary/aromatic N) is 1. The van der Waals surface area contributed by atoms with E-state index in [1.807, 2.05) is 0 Å². The van der Waals surface area contributed by atoms with Crippen LogP contribution < -0.4 is 4.72 Å². The minimum absolute atomic E-state index is 0.120. The average molecular weight is 342 g/mol. The summed E-state index contributed by atoms with van der Waals surface area (Å²) in [6.07, 6.45) is 0. The fourth-order valence-corrected chi connectivity index (χ4v) is 2.89. The van der Waals surface area contributed by atoms with Crippen LogP contribution in [0.15, 0.2) is 22.7 Å². The molecule has 0 heterocycles.